The fourth-order valence-corrected chi connectivity index (χ4v) is 3.26. The molecule has 0 fully saturated rings. The lowest BCUT2D eigenvalue weighted by atomic mass is 10.0. The fourth-order valence-electron chi connectivity index (χ4n) is 3.26. The topological polar surface area (TPSA) is 59.9 Å². The Morgan fingerprint density at radius 3 is 2.23 bits per heavy atom. The maximum atomic E-state index is 12.3. The first-order valence-corrected chi connectivity index (χ1v) is 10.3. The molecule has 3 rings (SSSR count). The van der Waals surface area contributed by atoms with E-state index < -0.39 is 6.10 Å². The second-order valence-corrected chi connectivity index (χ2v) is 7.55. The Hall–Kier alpha value is -3.60. The molecule has 1 N–H and O–H groups in total. The van der Waals surface area contributed by atoms with E-state index in [1.165, 1.54) is 5.56 Å². The Balaban J connectivity index is 1.50. The quantitative estimate of drug-likeness (QED) is 0.410. The summed E-state index contributed by atoms with van der Waals surface area (Å²) < 4.78 is 11.5. The highest BCUT2D eigenvalue weighted by Crippen LogP contribution is 2.20. The van der Waals surface area contributed by atoms with Crippen molar-refractivity contribution in [3.05, 3.63) is 94.5 Å². The Labute approximate surface area is 183 Å². The molecule has 160 valence electrons. The minimum atomic E-state index is -0.687. The van der Waals surface area contributed by atoms with E-state index >= 15 is 0 Å². The molecular weight excluding hydrogens is 388 g/mol. The number of hydrazone groups is 1. The summed E-state index contributed by atoms with van der Waals surface area (Å²) in [5.74, 6) is 1.01. The normalized spacial score (nSPS) is 11.9. The van der Waals surface area contributed by atoms with Gasteiger partial charge in [-0.2, -0.15) is 5.10 Å². The van der Waals surface area contributed by atoms with Crippen LogP contribution in [0.2, 0.25) is 0 Å². The number of hydrogen-bond donors (Lipinski definition) is 1. The van der Waals surface area contributed by atoms with Gasteiger partial charge in [-0.1, -0.05) is 48.0 Å². The van der Waals surface area contributed by atoms with Gasteiger partial charge in [0.1, 0.15) is 18.1 Å². The van der Waals surface area contributed by atoms with Crippen LogP contribution in [0.25, 0.3) is 0 Å². The van der Waals surface area contributed by atoms with Gasteiger partial charge in [0, 0.05) is 5.56 Å². The number of hydrogen-bond acceptors (Lipinski definition) is 4. The molecule has 0 unspecified atom stereocenters. The molecule has 5 heteroatoms. The molecule has 0 saturated heterocycles. The van der Waals surface area contributed by atoms with Crippen LogP contribution >= 0.6 is 0 Å². The van der Waals surface area contributed by atoms with Gasteiger partial charge in [0.2, 0.25) is 0 Å². The lowest BCUT2D eigenvalue weighted by Crippen LogP contribution is -2.33. The van der Waals surface area contributed by atoms with Gasteiger partial charge < -0.3 is 9.47 Å². The Morgan fingerprint density at radius 2 is 1.58 bits per heavy atom. The number of carbonyl (C=O) groups excluding carboxylic acids is 1. The van der Waals surface area contributed by atoms with Gasteiger partial charge >= 0.3 is 0 Å². The molecule has 0 spiro atoms. The molecule has 0 radical (unpaired) electrons. The van der Waals surface area contributed by atoms with Crippen LogP contribution in [0.15, 0.2) is 71.8 Å². The average Bonchev–Trinajstić information content (AvgIpc) is 2.75. The molecule has 5 nitrogen and oxygen atoms in total. The zero-order valence-electron chi connectivity index (χ0n) is 18.4. The highest BCUT2D eigenvalue weighted by molar-refractivity contribution is 5.86. The molecule has 3 aromatic rings. The second kappa shape index (κ2) is 10.4. The minimum Gasteiger partial charge on any atom is -0.489 e. The van der Waals surface area contributed by atoms with Crippen LogP contribution in [0, 0.1) is 20.8 Å². The summed E-state index contributed by atoms with van der Waals surface area (Å²) in [6.45, 7) is 8.30. The number of nitrogens with zero attached hydrogens (tertiary/aromatic N) is 1. The first-order valence-electron chi connectivity index (χ1n) is 10.3. The number of rotatable bonds is 8. The molecule has 0 saturated carbocycles. The molecule has 1 atom stereocenters. The van der Waals surface area contributed by atoms with Gasteiger partial charge in [-0.15, -0.1) is 0 Å². The monoisotopic (exact) mass is 416 g/mol. The van der Waals surface area contributed by atoms with E-state index in [0.717, 1.165) is 28.0 Å². The third-order valence-corrected chi connectivity index (χ3v) is 4.86. The zero-order chi connectivity index (χ0) is 22.2. The van der Waals surface area contributed by atoms with Crippen molar-refractivity contribution in [2.45, 2.75) is 40.4 Å². The second-order valence-electron chi connectivity index (χ2n) is 7.55. The first kappa shape index (κ1) is 22.1. The van der Waals surface area contributed by atoms with Crippen molar-refractivity contribution in [2.75, 3.05) is 0 Å². The Morgan fingerprint density at radius 1 is 0.968 bits per heavy atom. The summed E-state index contributed by atoms with van der Waals surface area (Å²) in [5, 5.41) is 4.10. The van der Waals surface area contributed by atoms with Crippen LogP contribution in [0.1, 0.15) is 34.7 Å². The number of amides is 1. The van der Waals surface area contributed by atoms with Crippen molar-refractivity contribution in [3.63, 3.8) is 0 Å². The molecule has 1 amide bonds. The maximum Gasteiger partial charge on any atom is 0.280 e. The lowest BCUT2D eigenvalue weighted by molar-refractivity contribution is -0.127. The number of carbonyl (C=O) groups is 1. The zero-order valence-corrected chi connectivity index (χ0v) is 18.4. The average molecular weight is 417 g/mol. The molecule has 0 bridgehead atoms. The predicted molar refractivity (Wildman–Crippen MR) is 124 cm³/mol. The number of benzene rings is 3. The lowest BCUT2D eigenvalue weighted by Gasteiger charge is -2.14. The molecule has 0 aliphatic rings. The van der Waals surface area contributed by atoms with E-state index in [1.54, 1.807) is 25.3 Å². The van der Waals surface area contributed by atoms with E-state index in [4.69, 9.17) is 9.47 Å². The van der Waals surface area contributed by atoms with Crippen molar-refractivity contribution < 1.29 is 14.3 Å². The van der Waals surface area contributed by atoms with E-state index in [0.29, 0.717) is 12.4 Å². The molecule has 3 aromatic carbocycles. The van der Waals surface area contributed by atoms with Gasteiger partial charge in [-0.3, -0.25) is 4.79 Å². The van der Waals surface area contributed by atoms with Crippen LogP contribution < -0.4 is 14.9 Å². The van der Waals surface area contributed by atoms with Crippen molar-refractivity contribution in [1.29, 1.82) is 0 Å². The van der Waals surface area contributed by atoms with Gasteiger partial charge in [0.15, 0.2) is 6.10 Å². The van der Waals surface area contributed by atoms with E-state index in [1.807, 2.05) is 56.3 Å². The van der Waals surface area contributed by atoms with E-state index in [2.05, 4.69) is 29.6 Å². The van der Waals surface area contributed by atoms with Crippen LogP contribution in [0.5, 0.6) is 11.5 Å². The highest BCUT2D eigenvalue weighted by Gasteiger charge is 2.14. The summed E-state index contributed by atoms with van der Waals surface area (Å²) >= 11 is 0. The number of aryl methyl sites for hydroxylation is 3. The van der Waals surface area contributed by atoms with Crippen LogP contribution in [-0.4, -0.2) is 18.2 Å². The summed E-state index contributed by atoms with van der Waals surface area (Å²) in [5.41, 5.74) is 8.10. The Kier molecular flexibility index (Phi) is 7.44. The van der Waals surface area contributed by atoms with Crippen LogP contribution in [0.4, 0.5) is 0 Å². The van der Waals surface area contributed by atoms with E-state index in [-0.39, 0.29) is 5.91 Å². The van der Waals surface area contributed by atoms with Crippen molar-refractivity contribution >= 4 is 12.1 Å². The predicted octanol–water partition coefficient (Wildman–Crippen LogP) is 5.11. The summed E-state index contributed by atoms with van der Waals surface area (Å²) in [6, 6.07) is 21.4. The standard InChI is InChI=1S/C26H28N2O3/c1-18-14-19(2)25(20(3)15-18)16-27-28-26(29)21(4)31-24-12-10-23(11-13-24)30-17-22-8-6-5-7-9-22/h5-16,21H,17H2,1-4H3,(H,28,29)/b27-16-/t21-/m0/s1. The smallest absolute Gasteiger partial charge is 0.280 e. The molecule has 0 aliphatic carbocycles. The first-order chi connectivity index (χ1) is 14.9. The van der Waals surface area contributed by atoms with Gasteiger partial charge in [0.25, 0.3) is 5.91 Å². The number of ether oxygens (including phenoxy) is 2. The van der Waals surface area contributed by atoms with Crippen molar-refractivity contribution in [1.82, 2.24) is 5.43 Å². The van der Waals surface area contributed by atoms with Gasteiger partial charge in [-0.25, -0.2) is 5.43 Å². The maximum absolute atomic E-state index is 12.3. The SMILES string of the molecule is Cc1cc(C)c(/C=N\NC(=O)[C@H](C)Oc2ccc(OCc3ccccc3)cc2)c(C)c1. The summed E-state index contributed by atoms with van der Waals surface area (Å²) in [7, 11) is 0. The summed E-state index contributed by atoms with van der Waals surface area (Å²) in [4.78, 5) is 12.3. The van der Waals surface area contributed by atoms with Crippen LogP contribution in [-0.2, 0) is 11.4 Å². The molecule has 0 heterocycles. The molecule has 0 aromatic heterocycles. The summed E-state index contributed by atoms with van der Waals surface area (Å²) in [6.07, 6.45) is 0.988. The van der Waals surface area contributed by atoms with Crippen molar-refractivity contribution in [2.24, 2.45) is 5.10 Å². The Bertz CT molecular complexity index is 1020. The van der Waals surface area contributed by atoms with Crippen LogP contribution in [0.3, 0.4) is 0 Å². The molecular formula is C26H28N2O3. The third-order valence-electron chi connectivity index (χ3n) is 4.86. The van der Waals surface area contributed by atoms with Gasteiger partial charge in [0.05, 0.1) is 6.21 Å². The van der Waals surface area contributed by atoms with Gasteiger partial charge in [-0.05, 0) is 68.7 Å². The largest absolute Gasteiger partial charge is 0.489 e. The third kappa shape index (κ3) is 6.44. The van der Waals surface area contributed by atoms with E-state index in [9.17, 15) is 4.79 Å². The highest BCUT2D eigenvalue weighted by atomic mass is 16.5. The minimum absolute atomic E-state index is 0.317. The fraction of sp³-hybridized carbons (Fsp3) is 0.231. The van der Waals surface area contributed by atoms with Crippen molar-refractivity contribution in [3.8, 4) is 11.5 Å². The number of nitrogens with one attached hydrogen (secondary N) is 1. The molecule has 0 aliphatic heterocycles. The molecule has 31 heavy (non-hydrogen) atoms.